The molecule has 0 saturated carbocycles. The summed E-state index contributed by atoms with van der Waals surface area (Å²) in [4.78, 5) is 20.9. The minimum Gasteiger partial charge on any atom is -0.345 e. The van der Waals surface area contributed by atoms with Crippen LogP contribution in [0, 0.1) is 0 Å². The van der Waals surface area contributed by atoms with Gasteiger partial charge in [0, 0.05) is 50.1 Å². The van der Waals surface area contributed by atoms with E-state index in [2.05, 4.69) is 15.0 Å². The highest BCUT2D eigenvalue weighted by molar-refractivity contribution is 7.13. The lowest BCUT2D eigenvalue weighted by Gasteiger charge is -2.35. The molecule has 2 aromatic heterocycles. The normalized spacial score (nSPS) is 17.2. The molecule has 1 aliphatic rings. The van der Waals surface area contributed by atoms with Gasteiger partial charge in [0.05, 0.1) is 0 Å². The molecule has 3 rings (SSSR count). The van der Waals surface area contributed by atoms with Gasteiger partial charge in [-0.05, 0) is 13.0 Å². The summed E-state index contributed by atoms with van der Waals surface area (Å²) in [5.41, 5.74) is 0. The highest BCUT2D eigenvalue weighted by Gasteiger charge is 2.26. The Morgan fingerprint density at radius 3 is 2.70 bits per heavy atom. The second-order valence-corrected chi connectivity index (χ2v) is 5.66. The number of nitrogens with zero attached hydrogens (tertiary/aromatic N) is 5. The summed E-state index contributed by atoms with van der Waals surface area (Å²) in [5, 5.41) is 7.16. The third-order valence-electron chi connectivity index (χ3n) is 3.56. The highest BCUT2D eigenvalue weighted by atomic mass is 32.1. The van der Waals surface area contributed by atoms with Crippen LogP contribution in [0.25, 0.3) is 0 Å². The molecular formula is C13H17N5OS. The van der Waals surface area contributed by atoms with Crippen LogP contribution in [-0.4, -0.2) is 51.8 Å². The summed E-state index contributed by atoms with van der Waals surface area (Å²) in [7, 11) is 0. The molecule has 0 bridgehead atoms. The van der Waals surface area contributed by atoms with Crippen molar-refractivity contribution >= 4 is 22.4 Å². The Bertz CT molecular complexity index is 545. The number of carbonyl (C=O) groups excluding carboxylic acids is 1. The summed E-state index contributed by atoms with van der Waals surface area (Å²) in [6, 6.07) is 1.60. The molecule has 6 nitrogen and oxygen atoms in total. The molecule has 106 valence electrons. The fourth-order valence-electron chi connectivity index (χ4n) is 2.38. The minimum absolute atomic E-state index is 0.132. The Hall–Kier alpha value is -1.89. The monoisotopic (exact) mass is 291 g/mol. The zero-order valence-electron chi connectivity index (χ0n) is 11.3. The van der Waals surface area contributed by atoms with Gasteiger partial charge in [0.2, 0.25) is 5.91 Å². The standard InChI is InChI=1S/C13H17N5OS/c1-11(18-5-2-3-15-18)12(19)16-6-8-17(9-7-16)13-14-4-10-20-13/h2-5,10-11H,6-9H2,1H3/t11-/m0/s1. The van der Waals surface area contributed by atoms with Crippen LogP contribution in [0.2, 0.25) is 0 Å². The first kappa shape index (κ1) is 13.1. The smallest absolute Gasteiger partial charge is 0.247 e. The Kier molecular flexibility index (Phi) is 3.68. The Morgan fingerprint density at radius 2 is 2.10 bits per heavy atom. The zero-order chi connectivity index (χ0) is 13.9. The number of carbonyl (C=O) groups is 1. The van der Waals surface area contributed by atoms with E-state index in [1.54, 1.807) is 22.2 Å². The van der Waals surface area contributed by atoms with Crippen LogP contribution in [0.5, 0.6) is 0 Å². The summed E-state index contributed by atoms with van der Waals surface area (Å²) in [5.74, 6) is 0.132. The van der Waals surface area contributed by atoms with E-state index in [9.17, 15) is 4.79 Å². The fourth-order valence-corrected chi connectivity index (χ4v) is 3.07. The number of aromatic nitrogens is 3. The van der Waals surface area contributed by atoms with E-state index in [-0.39, 0.29) is 11.9 Å². The van der Waals surface area contributed by atoms with E-state index in [0.717, 1.165) is 31.3 Å². The summed E-state index contributed by atoms with van der Waals surface area (Å²) in [6.45, 7) is 5.05. The number of hydrogen-bond acceptors (Lipinski definition) is 5. The van der Waals surface area contributed by atoms with E-state index in [1.165, 1.54) is 0 Å². The number of hydrogen-bond donors (Lipinski definition) is 0. The summed E-state index contributed by atoms with van der Waals surface area (Å²) in [6.07, 6.45) is 5.34. The second kappa shape index (κ2) is 5.62. The van der Waals surface area contributed by atoms with Gasteiger partial charge in [-0.25, -0.2) is 4.98 Å². The average molecular weight is 291 g/mol. The lowest BCUT2D eigenvalue weighted by molar-refractivity contribution is -0.134. The van der Waals surface area contributed by atoms with Gasteiger partial charge >= 0.3 is 0 Å². The molecule has 0 radical (unpaired) electrons. The van der Waals surface area contributed by atoms with Crippen LogP contribution in [0.1, 0.15) is 13.0 Å². The molecule has 0 N–H and O–H groups in total. The Balaban J connectivity index is 1.59. The van der Waals surface area contributed by atoms with Crippen molar-refractivity contribution in [3.8, 4) is 0 Å². The van der Waals surface area contributed by atoms with E-state index in [0.29, 0.717) is 0 Å². The predicted octanol–water partition coefficient (Wildman–Crippen LogP) is 1.25. The van der Waals surface area contributed by atoms with E-state index < -0.39 is 0 Å². The van der Waals surface area contributed by atoms with Crippen LogP contribution in [0.4, 0.5) is 5.13 Å². The first-order valence-electron chi connectivity index (χ1n) is 6.68. The average Bonchev–Trinajstić information content (AvgIpc) is 3.18. The zero-order valence-corrected chi connectivity index (χ0v) is 12.2. The molecule has 3 heterocycles. The largest absolute Gasteiger partial charge is 0.345 e. The van der Waals surface area contributed by atoms with Gasteiger partial charge < -0.3 is 9.80 Å². The maximum Gasteiger partial charge on any atom is 0.247 e. The Labute approximate surface area is 121 Å². The highest BCUT2D eigenvalue weighted by Crippen LogP contribution is 2.20. The van der Waals surface area contributed by atoms with Crippen molar-refractivity contribution in [3.63, 3.8) is 0 Å². The van der Waals surface area contributed by atoms with Crippen molar-refractivity contribution in [2.24, 2.45) is 0 Å². The molecule has 0 aliphatic carbocycles. The molecule has 1 aliphatic heterocycles. The molecule has 1 amide bonds. The third kappa shape index (κ3) is 2.53. The third-order valence-corrected chi connectivity index (χ3v) is 4.39. The first-order valence-corrected chi connectivity index (χ1v) is 7.56. The summed E-state index contributed by atoms with van der Waals surface area (Å²) >= 11 is 1.64. The molecule has 2 aromatic rings. The van der Waals surface area contributed by atoms with Gasteiger partial charge in [-0.2, -0.15) is 5.10 Å². The molecule has 1 fully saturated rings. The van der Waals surface area contributed by atoms with E-state index in [4.69, 9.17) is 0 Å². The van der Waals surface area contributed by atoms with Crippen molar-refractivity contribution in [1.29, 1.82) is 0 Å². The van der Waals surface area contributed by atoms with Gasteiger partial charge in [-0.1, -0.05) is 0 Å². The molecule has 0 aromatic carbocycles. The predicted molar refractivity (Wildman–Crippen MR) is 77.8 cm³/mol. The molecule has 0 spiro atoms. The van der Waals surface area contributed by atoms with Gasteiger partial charge in [-0.3, -0.25) is 9.48 Å². The van der Waals surface area contributed by atoms with Crippen molar-refractivity contribution in [2.75, 3.05) is 31.1 Å². The molecular weight excluding hydrogens is 274 g/mol. The SMILES string of the molecule is C[C@@H](C(=O)N1CCN(c2nccs2)CC1)n1cccn1. The molecule has 1 saturated heterocycles. The second-order valence-electron chi connectivity index (χ2n) is 4.79. The first-order chi connectivity index (χ1) is 9.75. The van der Waals surface area contributed by atoms with Crippen LogP contribution < -0.4 is 4.90 Å². The van der Waals surface area contributed by atoms with E-state index in [1.807, 2.05) is 35.7 Å². The van der Waals surface area contributed by atoms with Crippen molar-refractivity contribution in [3.05, 3.63) is 30.0 Å². The van der Waals surface area contributed by atoms with Crippen LogP contribution in [0.15, 0.2) is 30.0 Å². The number of rotatable bonds is 3. The van der Waals surface area contributed by atoms with Crippen molar-refractivity contribution in [2.45, 2.75) is 13.0 Å². The topological polar surface area (TPSA) is 54.3 Å². The van der Waals surface area contributed by atoms with Crippen molar-refractivity contribution in [1.82, 2.24) is 19.7 Å². The number of thiazole rings is 1. The van der Waals surface area contributed by atoms with Crippen molar-refractivity contribution < 1.29 is 4.79 Å². The minimum atomic E-state index is -0.239. The van der Waals surface area contributed by atoms with E-state index >= 15 is 0 Å². The maximum atomic E-state index is 12.4. The maximum absolute atomic E-state index is 12.4. The molecule has 20 heavy (non-hydrogen) atoms. The molecule has 7 heteroatoms. The van der Waals surface area contributed by atoms with Gasteiger partial charge in [0.15, 0.2) is 5.13 Å². The molecule has 0 unspecified atom stereocenters. The molecule has 1 atom stereocenters. The van der Waals surface area contributed by atoms with Crippen LogP contribution in [-0.2, 0) is 4.79 Å². The van der Waals surface area contributed by atoms with Gasteiger partial charge in [0.25, 0.3) is 0 Å². The van der Waals surface area contributed by atoms with Gasteiger partial charge in [-0.15, -0.1) is 11.3 Å². The lowest BCUT2D eigenvalue weighted by Crippen LogP contribution is -2.50. The number of anilines is 1. The van der Waals surface area contributed by atoms with Crippen LogP contribution in [0.3, 0.4) is 0 Å². The fraction of sp³-hybridized carbons (Fsp3) is 0.462. The quantitative estimate of drug-likeness (QED) is 0.854. The Morgan fingerprint density at radius 1 is 1.30 bits per heavy atom. The lowest BCUT2D eigenvalue weighted by atomic mass is 10.2. The summed E-state index contributed by atoms with van der Waals surface area (Å²) < 4.78 is 1.70. The van der Waals surface area contributed by atoms with Crippen LogP contribution >= 0.6 is 11.3 Å². The number of piperazine rings is 1. The number of amides is 1. The van der Waals surface area contributed by atoms with Gasteiger partial charge in [0.1, 0.15) is 6.04 Å².